The van der Waals surface area contributed by atoms with Crippen molar-refractivity contribution in [2.24, 2.45) is 22.0 Å². The average Bonchev–Trinajstić information content (AvgIpc) is 4.29. The Morgan fingerprint density at radius 3 is 1.54 bits per heavy atom. The number of hydrogen-bond donors (Lipinski definition) is 18. The standard InChI is InChI=1S/C7H5N3O2.C6H5N3.C3H6N4S.C3H5N3S.C3H4N2S.C3H4N2.C2H5N5.2C2H4N4S.2C2H4N4/c11-4-12-5-1-2-6-7(3-5)9-10-8-6;1-2-4-6-5(3-1)7-9-8-6;1-8-3-5-2(4)6-7-3;1-6-2-4-5-3(6)7;6-3-4-1-2-5-3;1-2-5-3-4-1;3-1-5-2(4)7-6-1;3-6-1-4-5-2(6)7;3-1-4-2(7)6-5-1;2*3-2-4-1-5-6-2/h1-4H,(H,8,9,10);1-4H,(H,7,8,9);1H3,(H3,4,5,6,7);2H,1H3,(H,5,7);1H,2H2,(H,5,6);1,3H,2H2;(H5,3,4,5,6,7);1H,3H2,(H,5,7);(H4,3,4,5,6,7);2*1H,(H3,3,4,5,6). The summed E-state index contributed by atoms with van der Waals surface area (Å²) >= 11 is 20.0. The number of nitrogens with zero attached hydrogens (tertiary/aromatic N) is 20. The first kappa shape index (κ1) is 63.5. The van der Waals surface area contributed by atoms with E-state index in [1.54, 1.807) is 47.9 Å². The van der Waals surface area contributed by atoms with Crippen LogP contribution in [0.5, 0.6) is 5.75 Å². The molecule has 0 bridgehead atoms. The molecule has 0 fully saturated rings. The summed E-state index contributed by atoms with van der Waals surface area (Å²) in [6.07, 6.45) is 12.7. The number of hydrogen-bond acceptors (Lipinski definition) is 31. The molecule has 0 aliphatic carbocycles. The van der Waals surface area contributed by atoms with Crippen molar-refractivity contribution < 1.29 is 9.53 Å². The fourth-order valence-electron chi connectivity index (χ4n) is 4.19. The molecular formula is C35H50N38O2S5. The van der Waals surface area contributed by atoms with Gasteiger partial charge in [0.2, 0.25) is 50.4 Å². The topological polar surface area (TPSA) is 619 Å². The van der Waals surface area contributed by atoms with Crippen molar-refractivity contribution in [2.45, 2.75) is 5.16 Å². The highest BCUT2D eigenvalue weighted by atomic mass is 32.2. The first-order chi connectivity index (χ1) is 38.6. The first-order valence-corrected chi connectivity index (χ1v) is 24.1. The zero-order valence-electron chi connectivity index (χ0n) is 41.4. The number of aromatic nitrogens is 27. The van der Waals surface area contributed by atoms with Crippen LogP contribution in [0.25, 0.3) is 22.1 Å². The highest BCUT2D eigenvalue weighted by molar-refractivity contribution is 7.98. The van der Waals surface area contributed by atoms with Crippen LogP contribution in [0.1, 0.15) is 0 Å². The van der Waals surface area contributed by atoms with E-state index in [2.05, 4.69) is 189 Å². The Kier molecular flexibility index (Phi) is 29.4. The lowest BCUT2D eigenvalue weighted by molar-refractivity contribution is -0.120. The fraction of sp³-hybridized carbons (Fsp3) is 0.114. The molecular weight excluding hydrogens is 1140 g/mol. The summed E-state index contributed by atoms with van der Waals surface area (Å²) in [5.74, 6) is 7.46. The third-order valence-corrected chi connectivity index (χ3v) is 9.22. The number of carbonyl (C=O) groups is 1. The van der Waals surface area contributed by atoms with E-state index >= 15 is 0 Å². The Labute approximate surface area is 472 Å². The zero-order valence-corrected chi connectivity index (χ0v) is 45.5. The lowest BCUT2D eigenvalue weighted by Gasteiger charge is -1.94. The van der Waals surface area contributed by atoms with Crippen molar-refractivity contribution in [1.82, 2.24) is 142 Å². The molecule has 0 radical (unpaired) electrons. The van der Waals surface area contributed by atoms with Crippen LogP contribution in [0, 0.1) is 14.3 Å². The van der Waals surface area contributed by atoms with E-state index in [9.17, 15) is 4.79 Å². The summed E-state index contributed by atoms with van der Waals surface area (Å²) in [6, 6.07) is 12.7. The molecule has 0 saturated carbocycles. The van der Waals surface area contributed by atoms with Crippen molar-refractivity contribution >= 4 is 149 Å². The summed E-state index contributed by atoms with van der Waals surface area (Å²) in [5, 5.41) is 65.6. The van der Waals surface area contributed by atoms with E-state index in [1.165, 1.54) is 35.4 Å². The fourth-order valence-corrected chi connectivity index (χ4v) is 5.02. The van der Waals surface area contributed by atoms with Crippen molar-refractivity contribution in [3.8, 4) is 5.75 Å². The van der Waals surface area contributed by atoms with Gasteiger partial charge in [-0.1, -0.05) is 23.9 Å². The number of rotatable bonds is 3. The number of para-hydroxylation sites is 2. The van der Waals surface area contributed by atoms with E-state index in [4.69, 9.17) is 52.5 Å². The van der Waals surface area contributed by atoms with E-state index in [-0.39, 0.29) is 11.9 Å². The lowest BCUT2D eigenvalue weighted by Crippen LogP contribution is -2.12. The van der Waals surface area contributed by atoms with Gasteiger partial charge in [-0.15, -0.1) is 10.2 Å². The van der Waals surface area contributed by atoms with Gasteiger partial charge in [-0.2, -0.15) is 66.2 Å². The predicted octanol–water partition coefficient (Wildman–Crippen LogP) is -0.471. The number of thiocarbonyl (C=S) groups is 1. The highest BCUT2D eigenvalue weighted by Gasteiger charge is 1.99. The molecule has 0 atom stereocenters. The van der Waals surface area contributed by atoms with Gasteiger partial charge in [0.25, 0.3) is 6.47 Å². The summed E-state index contributed by atoms with van der Waals surface area (Å²) in [7, 11) is 1.84. The number of aromatic amines is 10. The maximum Gasteiger partial charge on any atom is 0.298 e. The molecule has 422 valence electrons. The predicted molar refractivity (Wildman–Crippen MR) is 309 cm³/mol. The van der Waals surface area contributed by atoms with Gasteiger partial charge in [0.05, 0.1) is 13.1 Å². The van der Waals surface area contributed by atoms with Gasteiger partial charge in [0, 0.05) is 25.5 Å². The van der Waals surface area contributed by atoms with Gasteiger partial charge in [0.1, 0.15) is 59.5 Å². The number of benzene rings is 2. The van der Waals surface area contributed by atoms with Gasteiger partial charge < -0.3 is 54.9 Å². The largest absolute Gasteiger partial charge is 0.429 e. The number of nitrogens with two attached hydrogens (primary N) is 7. The van der Waals surface area contributed by atoms with E-state index in [0.717, 1.165) is 29.6 Å². The zero-order chi connectivity index (χ0) is 58.3. The van der Waals surface area contributed by atoms with Crippen LogP contribution < -0.4 is 50.3 Å². The molecule has 0 spiro atoms. The molecule has 2 aromatic carbocycles. The maximum atomic E-state index is 9.98. The van der Waals surface area contributed by atoms with Crippen LogP contribution in [-0.4, -0.2) is 186 Å². The number of thioether (sulfide) groups is 1. The summed E-state index contributed by atoms with van der Waals surface area (Å²) in [4.78, 5) is 39.1. The molecule has 11 heterocycles. The van der Waals surface area contributed by atoms with Crippen LogP contribution in [0.3, 0.4) is 0 Å². The van der Waals surface area contributed by atoms with Crippen LogP contribution in [0.4, 0.5) is 35.7 Å². The van der Waals surface area contributed by atoms with Crippen molar-refractivity contribution in [3.05, 3.63) is 82.1 Å². The number of ether oxygens (including phenoxy) is 1. The second-order valence-electron chi connectivity index (χ2n) is 13.2. The van der Waals surface area contributed by atoms with E-state index in [0.29, 0.717) is 66.1 Å². The molecule has 2 aliphatic heterocycles. The van der Waals surface area contributed by atoms with E-state index in [1.807, 2.05) is 37.6 Å². The van der Waals surface area contributed by atoms with Crippen LogP contribution >= 0.6 is 60.6 Å². The minimum Gasteiger partial charge on any atom is -0.429 e. The van der Waals surface area contributed by atoms with Gasteiger partial charge in [-0.05, 0) is 79.4 Å². The van der Waals surface area contributed by atoms with E-state index < -0.39 is 0 Å². The average molecular weight is 1200 g/mol. The third kappa shape index (κ3) is 27.7. The minimum atomic E-state index is 0.178. The number of aliphatic imine (C=N–C) groups is 3. The van der Waals surface area contributed by atoms with Crippen molar-refractivity contribution in [1.29, 1.82) is 0 Å². The second-order valence-corrected chi connectivity index (χ2v) is 15.6. The normalized spacial score (nSPS) is 10.6. The number of anilines is 6. The van der Waals surface area contributed by atoms with Crippen molar-refractivity contribution in [3.63, 3.8) is 0 Å². The molecule has 45 heteroatoms. The highest BCUT2D eigenvalue weighted by Crippen LogP contribution is 2.16. The third-order valence-electron chi connectivity index (χ3n) is 7.55. The van der Waals surface area contributed by atoms with Gasteiger partial charge in [0.15, 0.2) is 9.88 Å². The monoisotopic (exact) mass is 1190 g/mol. The smallest absolute Gasteiger partial charge is 0.298 e. The first-order valence-electron chi connectivity index (χ1n) is 21.2. The molecule has 40 nitrogen and oxygen atoms in total. The molecule has 0 saturated heterocycles. The number of carbonyl (C=O) groups excluding carboxylic acids is 1. The Hall–Kier alpha value is -10.8. The molecule has 2 aliphatic rings. The number of nitrogen functional groups attached to an aromatic ring is 7. The van der Waals surface area contributed by atoms with Crippen LogP contribution in [-0.2, 0) is 11.8 Å². The Morgan fingerprint density at radius 1 is 0.650 bits per heavy atom. The molecule has 11 aromatic rings. The van der Waals surface area contributed by atoms with Gasteiger partial charge in [-0.3, -0.25) is 30.2 Å². The molecule has 0 unspecified atom stereocenters. The van der Waals surface area contributed by atoms with Gasteiger partial charge >= 0.3 is 0 Å². The SMILES string of the molecule is C1=NC=NC1.CSc1n[nH]c(N)n1.Cn1cn[nH]c1=S.Nc1n[nH]c(N)n1.Nc1nc(=S)[nH][nH]1.Nc1ncn[nH]1.Nc1ncn[nH]1.Nn1cn[nH]c1=S.O=COc1ccc2n[nH]nc2c1.S=C1N=CCN1.c1ccc2n[nH]nc2c1. The number of aryl methyl sites for hydroxylation is 1. The summed E-state index contributed by atoms with van der Waals surface area (Å²) in [5.41, 5.74) is 33.8. The lowest BCUT2D eigenvalue weighted by atomic mass is 10.3. The molecule has 13 rings (SSSR count). The van der Waals surface area contributed by atoms with Crippen LogP contribution in [0.15, 0.2) is 87.9 Å². The Balaban J connectivity index is 0.000000233. The minimum absolute atomic E-state index is 0.178. The summed E-state index contributed by atoms with van der Waals surface area (Å²) in [6.45, 7) is 1.96. The molecule has 9 aromatic heterocycles. The Morgan fingerprint density at radius 2 is 1.26 bits per heavy atom. The maximum absolute atomic E-state index is 9.98. The molecule has 80 heavy (non-hydrogen) atoms. The summed E-state index contributed by atoms with van der Waals surface area (Å²) < 4.78 is 9.05. The second kappa shape index (κ2) is 37.0. The quantitative estimate of drug-likeness (QED) is 0.0460. The van der Waals surface area contributed by atoms with Crippen molar-refractivity contribution in [2.75, 3.05) is 59.6 Å². The molecule has 25 N–H and O–H groups in total. The van der Waals surface area contributed by atoms with Gasteiger partial charge in [-0.25, -0.2) is 45.0 Å². The number of fused-ring (bicyclic) bond motifs is 2. The number of nitrogens with one attached hydrogen (secondary N) is 11. The van der Waals surface area contributed by atoms with Crippen LogP contribution in [0.2, 0.25) is 0 Å². The Bertz CT molecular complexity index is 3510. The molecule has 0 amide bonds. The number of H-pyrrole nitrogens is 10.